The highest BCUT2D eigenvalue weighted by atomic mass is 16.2. The maximum Gasteiger partial charge on any atom is 0.270 e. The monoisotopic (exact) mass is 269 g/mol. The molecule has 0 aliphatic carbocycles. The van der Waals surface area contributed by atoms with Crippen molar-refractivity contribution in [2.24, 2.45) is 7.05 Å². The normalized spacial score (nSPS) is 14.2. The summed E-state index contributed by atoms with van der Waals surface area (Å²) < 4.78 is 1.94. The Morgan fingerprint density at radius 3 is 2.75 bits per heavy atom. The number of aryl methyl sites for hydroxylation is 1. The lowest BCUT2D eigenvalue weighted by Crippen LogP contribution is -2.37. The summed E-state index contributed by atoms with van der Waals surface area (Å²) in [5.41, 5.74) is 11.0. The lowest BCUT2D eigenvalue weighted by molar-refractivity contribution is 0.0725. The molecule has 0 spiro atoms. The molecule has 1 aromatic heterocycles. The minimum Gasteiger partial charge on any atom is -0.398 e. The van der Waals surface area contributed by atoms with Gasteiger partial charge in [-0.3, -0.25) is 4.79 Å². The number of aromatic nitrogens is 1. The number of nitrogen functional groups attached to an aromatic ring is 1. The zero-order valence-electron chi connectivity index (χ0n) is 11.9. The lowest BCUT2D eigenvalue weighted by atomic mass is 9.98. The van der Waals surface area contributed by atoms with Crippen LogP contribution in [0.3, 0.4) is 0 Å². The van der Waals surface area contributed by atoms with Gasteiger partial charge in [0.1, 0.15) is 5.69 Å². The fraction of sp³-hybridized carbons (Fsp3) is 0.312. The number of benzene rings is 1. The SMILES string of the molecule is Cc1ccc(C(=O)N2CCc3cccc(N)c3C2)n1C. The first-order valence-electron chi connectivity index (χ1n) is 6.86. The minimum absolute atomic E-state index is 0.0782. The number of rotatable bonds is 1. The van der Waals surface area contributed by atoms with E-state index >= 15 is 0 Å². The highest BCUT2D eigenvalue weighted by molar-refractivity contribution is 5.93. The Bertz CT molecular complexity index is 672. The van der Waals surface area contributed by atoms with Gasteiger partial charge in [-0.1, -0.05) is 12.1 Å². The largest absolute Gasteiger partial charge is 0.398 e. The van der Waals surface area contributed by atoms with E-state index in [-0.39, 0.29) is 5.91 Å². The number of carbonyl (C=O) groups is 1. The van der Waals surface area contributed by atoms with Crippen molar-refractivity contribution < 1.29 is 4.79 Å². The van der Waals surface area contributed by atoms with Crippen LogP contribution in [0.2, 0.25) is 0 Å². The maximum atomic E-state index is 12.6. The van der Waals surface area contributed by atoms with Crippen LogP contribution >= 0.6 is 0 Å². The first kappa shape index (κ1) is 12.8. The average Bonchev–Trinajstić information content (AvgIpc) is 2.78. The van der Waals surface area contributed by atoms with E-state index in [9.17, 15) is 4.79 Å². The fourth-order valence-corrected chi connectivity index (χ4v) is 2.77. The van der Waals surface area contributed by atoms with Crippen molar-refractivity contribution in [3.8, 4) is 0 Å². The van der Waals surface area contributed by atoms with E-state index in [1.807, 2.05) is 47.7 Å². The van der Waals surface area contributed by atoms with Gasteiger partial charge in [0.25, 0.3) is 5.91 Å². The number of amides is 1. The Hall–Kier alpha value is -2.23. The van der Waals surface area contributed by atoms with Crippen molar-refractivity contribution in [3.05, 3.63) is 52.8 Å². The van der Waals surface area contributed by atoms with Gasteiger partial charge in [-0.05, 0) is 42.7 Å². The van der Waals surface area contributed by atoms with E-state index in [0.29, 0.717) is 6.54 Å². The summed E-state index contributed by atoms with van der Waals surface area (Å²) >= 11 is 0. The Kier molecular flexibility index (Phi) is 3.01. The fourth-order valence-electron chi connectivity index (χ4n) is 2.77. The number of nitrogens with zero attached hydrogens (tertiary/aromatic N) is 2. The Balaban J connectivity index is 1.89. The van der Waals surface area contributed by atoms with Crippen molar-refractivity contribution in [1.82, 2.24) is 9.47 Å². The Morgan fingerprint density at radius 1 is 1.25 bits per heavy atom. The van der Waals surface area contributed by atoms with E-state index in [0.717, 1.165) is 35.6 Å². The lowest BCUT2D eigenvalue weighted by Gasteiger charge is -2.30. The standard InChI is InChI=1S/C16H19N3O/c1-11-6-7-15(18(11)2)16(20)19-9-8-12-4-3-5-14(17)13(12)10-19/h3-7H,8-10,17H2,1-2H3. The quantitative estimate of drug-likeness (QED) is 0.806. The summed E-state index contributed by atoms with van der Waals surface area (Å²) in [5, 5.41) is 0. The Morgan fingerprint density at radius 2 is 2.05 bits per heavy atom. The molecule has 4 heteroatoms. The molecule has 3 rings (SSSR count). The third kappa shape index (κ3) is 1.97. The molecule has 0 atom stereocenters. The van der Waals surface area contributed by atoms with Crippen LogP contribution in [0.25, 0.3) is 0 Å². The Labute approximate surface area is 118 Å². The first-order chi connectivity index (χ1) is 9.58. The summed E-state index contributed by atoms with van der Waals surface area (Å²) in [7, 11) is 1.93. The molecule has 2 N–H and O–H groups in total. The van der Waals surface area contributed by atoms with E-state index in [1.165, 1.54) is 5.56 Å². The van der Waals surface area contributed by atoms with Crippen molar-refractivity contribution in [2.45, 2.75) is 19.9 Å². The van der Waals surface area contributed by atoms with Crippen molar-refractivity contribution in [3.63, 3.8) is 0 Å². The predicted molar refractivity (Wildman–Crippen MR) is 79.4 cm³/mol. The van der Waals surface area contributed by atoms with Gasteiger partial charge in [-0.2, -0.15) is 0 Å². The van der Waals surface area contributed by atoms with E-state index in [4.69, 9.17) is 5.73 Å². The topological polar surface area (TPSA) is 51.3 Å². The molecule has 2 heterocycles. The van der Waals surface area contributed by atoms with Crippen molar-refractivity contribution >= 4 is 11.6 Å². The van der Waals surface area contributed by atoms with Gasteiger partial charge in [-0.15, -0.1) is 0 Å². The number of fused-ring (bicyclic) bond motifs is 1. The molecule has 1 aliphatic rings. The molecule has 0 fully saturated rings. The van der Waals surface area contributed by atoms with Gasteiger partial charge in [0.05, 0.1) is 0 Å². The molecule has 0 unspecified atom stereocenters. The molecule has 1 amide bonds. The predicted octanol–water partition coefficient (Wildman–Crippen LogP) is 2.11. The second-order valence-corrected chi connectivity index (χ2v) is 5.38. The van der Waals surface area contributed by atoms with Crippen LogP contribution in [0, 0.1) is 6.92 Å². The third-order valence-electron chi connectivity index (χ3n) is 4.19. The molecule has 4 nitrogen and oxygen atoms in total. The second-order valence-electron chi connectivity index (χ2n) is 5.38. The zero-order valence-corrected chi connectivity index (χ0v) is 11.9. The van der Waals surface area contributed by atoms with Gasteiger partial charge < -0.3 is 15.2 Å². The molecular weight excluding hydrogens is 250 g/mol. The number of anilines is 1. The van der Waals surface area contributed by atoms with Crippen LogP contribution in [-0.4, -0.2) is 21.9 Å². The molecule has 2 aromatic rings. The summed E-state index contributed by atoms with van der Waals surface area (Å²) in [6.45, 7) is 3.35. The van der Waals surface area contributed by atoms with Crippen molar-refractivity contribution in [2.75, 3.05) is 12.3 Å². The highest BCUT2D eigenvalue weighted by Crippen LogP contribution is 2.25. The summed E-state index contributed by atoms with van der Waals surface area (Å²) in [5.74, 6) is 0.0782. The van der Waals surface area contributed by atoms with Crippen LogP contribution in [-0.2, 0) is 20.0 Å². The maximum absolute atomic E-state index is 12.6. The third-order valence-corrected chi connectivity index (χ3v) is 4.19. The van der Waals surface area contributed by atoms with Gasteiger partial charge >= 0.3 is 0 Å². The molecule has 0 saturated carbocycles. The number of hydrogen-bond acceptors (Lipinski definition) is 2. The number of nitrogens with two attached hydrogens (primary N) is 1. The second kappa shape index (κ2) is 4.71. The van der Waals surface area contributed by atoms with E-state index < -0.39 is 0 Å². The van der Waals surface area contributed by atoms with Crippen LogP contribution in [0.5, 0.6) is 0 Å². The molecule has 0 saturated heterocycles. The van der Waals surface area contributed by atoms with E-state index in [1.54, 1.807) is 0 Å². The number of hydrogen-bond donors (Lipinski definition) is 1. The van der Waals surface area contributed by atoms with E-state index in [2.05, 4.69) is 6.07 Å². The van der Waals surface area contributed by atoms with Crippen LogP contribution in [0.4, 0.5) is 5.69 Å². The smallest absolute Gasteiger partial charge is 0.270 e. The highest BCUT2D eigenvalue weighted by Gasteiger charge is 2.24. The van der Waals surface area contributed by atoms with Crippen LogP contribution in [0.1, 0.15) is 27.3 Å². The van der Waals surface area contributed by atoms with Gasteiger partial charge in [0.15, 0.2) is 0 Å². The molecule has 1 aromatic carbocycles. The molecule has 1 aliphatic heterocycles. The van der Waals surface area contributed by atoms with Gasteiger partial charge in [-0.25, -0.2) is 0 Å². The first-order valence-corrected chi connectivity index (χ1v) is 6.86. The zero-order chi connectivity index (χ0) is 14.3. The molecule has 104 valence electrons. The van der Waals surface area contributed by atoms with Gasteiger partial charge in [0, 0.05) is 31.5 Å². The van der Waals surface area contributed by atoms with Crippen molar-refractivity contribution in [1.29, 1.82) is 0 Å². The summed E-state index contributed by atoms with van der Waals surface area (Å²) in [6.07, 6.45) is 0.871. The van der Waals surface area contributed by atoms with Gasteiger partial charge in [0.2, 0.25) is 0 Å². The molecule has 0 bridgehead atoms. The summed E-state index contributed by atoms with van der Waals surface area (Å²) in [4.78, 5) is 14.5. The van der Waals surface area contributed by atoms with Crippen LogP contribution < -0.4 is 5.73 Å². The molecule has 0 radical (unpaired) electrons. The minimum atomic E-state index is 0.0782. The van der Waals surface area contributed by atoms with Crippen LogP contribution in [0.15, 0.2) is 30.3 Å². The number of carbonyl (C=O) groups excluding carboxylic acids is 1. The summed E-state index contributed by atoms with van der Waals surface area (Å²) in [6, 6.07) is 9.84. The molecular formula is C16H19N3O. The average molecular weight is 269 g/mol. The molecule has 20 heavy (non-hydrogen) atoms.